The predicted octanol–water partition coefficient (Wildman–Crippen LogP) is 0.602. The molecule has 3 aromatic heterocycles. The van der Waals surface area contributed by atoms with Gasteiger partial charge < -0.3 is 9.30 Å². The highest BCUT2D eigenvalue weighted by Crippen LogP contribution is 2.19. The molecule has 0 unspecified atom stereocenters. The Balaban J connectivity index is 2.37. The summed E-state index contributed by atoms with van der Waals surface area (Å²) in [5.74, 6) is -0.0405. The Hall–Kier alpha value is -2.84. The molecule has 0 N–H and O–H groups in total. The van der Waals surface area contributed by atoms with Gasteiger partial charge in [-0.25, -0.2) is 9.36 Å². The lowest BCUT2D eigenvalue weighted by molar-refractivity contribution is -0.143. The summed E-state index contributed by atoms with van der Waals surface area (Å²) in [6.07, 6.45) is 1.81. The monoisotopic (exact) mass is 347 g/mol. The van der Waals surface area contributed by atoms with E-state index in [1.807, 2.05) is 31.5 Å². The molecule has 3 rings (SSSR count). The molecule has 0 bridgehead atoms. The molecule has 0 aliphatic carbocycles. The number of hydrogen-bond acceptors (Lipinski definition) is 5. The number of imidazole rings is 2. The molecule has 0 aliphatic heterocycles. The SMILES string of the molecule is CCOC(=O)Cn1c(=O)c2c(nc3n(C(C)C)c(C)cn23)n(C)c1=O. The van der Waals surface area contributed by atoms with Gasteiger partial charge in [-0.1, -0.05) is 0 Å². The Morgan fingerprint density at radius 3 is 2.60 bits per heavy atom. The van der Waals surface area contributed by atoms with Crippen LogP contribution in [0.5, 0.6) is 0 Å². The molecule has 0 aromatic carbocycles. The minimum Gasteiger partial charge on any atom is -0.465 e. The number of hydrogen-bond donors (Lipinski definition) is 0. The molecular formula is C16H21N5O4. The van der Waals surface area contributed by atoms with Gasteiger partial charge in [0.2, 0.25) is 5.78 Å². The Kier molecular flexibility index (Phi) is 4.02. The van der Waals surface area contributed by atoms with Gasteiger partial charge in [0.1, 0.15) is 6.54 Å². The lowest BCUT2D eigenvalue weighted by atomic mass is 10.3. The van der Waals surface area contributed by atoms with Crippen molar-refractivity contribution in [3.05, 3.63) is 32.7 Å². The van der Waals surface area contributed by atoms with Crippen LogP contribution in [0.4, 0.5) is 0 Å². The molecule has 3 aromatic rings. The number of aromatic nitrogens is 5. The molecule has 0 aliphatic rings. The quantitative estimate of drug-likeness (QED) is 0.645. The summed E-state index contributed by atoms with van der Waals surface area (Å²) in [4.78, 5) is 41.6. The first-order valence-electron chi connectivity index (χ1n) is 8.13. The maximum absolute atomic E-state index is 12.9. The van der Waals surface area contributed by atoms with Crippen molar-refractivity contribution in [1.29, 1.82) is 0 Å². The second-order valence-corrected chi connectivity index (χ2v) is 6.23. The van der Waals surface area contributed by atoms with Gasteiger partial charge in [0, 0.05) is 25.0 Å². The minimum atomic E-state index is -0.627. The van der Waals surface area contributed by atoms with Crippen LogP contribution in [0.1, 0.15) is 32.5 Å². The largest absolute Gasteiger partial charge is 0.465 e. The second-order valence-electron chi connectivity index (χ2n) is 6.23. The molecule has 0 amide bonds. The molecule has 3 heterocycles. The minimum absolute atomic E-state index is 0.146. The van der Waals surface area contributed by atoms with E-state index in [4.69, 9.17) is 4.74 Å². The molecule has 0 spiro atoms. The molecule has 0 radical (unpaired) electrons. The number of aryl methyl sites for hydroxylation is 2. The normalized spacial score (nSPS) is 11.8. The van der Waals surface area contributed by atoms with Crippen LogP contribution in [0.3, 0.4) is 0 Å². The summed E-state index contributed by atoms with van der Waals surface area (Å²) < 4.78 is 10.7. The smallest absolute Gasteiger partial charge is 0.333 e. The van der Waals surface area contributed by atoms with Crippen LogP contribution in [0, 0.1) is 6.92 Å². The highest BCUT2D eigenvalue weighted by Gasteiger charge is 2.22. The fourth-order valence-electron chi connectivity index (χ4n) is 3.14. The summed E-state index contributed by atoms with van der Waals surface area (Å²) in [6.45, 7) is 7.39. The molecule has 0 saturated carbocycles. The van der Waals surface area contributed by atoms with Gasteiger partial charge in [-0.15, -0.1) is 0 Å². The van der Waals surface area contributed by atoms with Crippen molar-refractivity contribution >= 4 is 22.9 Å². The van der Waals surface area contributed by atoms with Gasteiger partial charge in [-0.2, -0.15) is 4.98 Å². The van der Waals surface area contributed by atoms with Gasteiger partial charge in [0.25, 0.3) is 5.56 Å². The van der Waals surface area contributed by atoms with Crippen LogP contribution < -0.4 is 11.2 Å². The first-order valence-corrected chi connectivity index (χ1v) is 8.13. The predicted molar refractivity (Wildman–Crippen MR) is 91.9 cm³/mol. The highest BCUT2D eigenvalue weighted by atomic mass is 16.5. The van der Waals surface area contributed by atoms with Crippen molar-refractivity contribution in [3.8, 4) is 0 Å². The Morgan fingerprint density at radius 1 is 1.32 bits per heavy atom. The van der Waals surface area contributed by atoms with Gasteiger partial charge in [0.05, 0.1) is 6.61 Å². The third-order valence-electron chi connectivity index (χ3n) is 4.18. The van der Waals surface area contributed by atoms with Gasteiger partial charge in [-0.3, -0.25) is 18.6 Å². The molecule has 0 atom stereocenters. The molecule has 0 fully saturated rings. The summed E-state index contributed by atoms with van der Waals surface area (Å²) in [7, 11) is 1.53. The summed E-state index contributed by atoms with van der Waals surface area (Å²) in [5, 5.41) is 0. The molecule has 0 saturated heterocycles. The maximum Gasteiger partial charge on any atom is 0.333 e. The van der Waals surface area contributed by atoms with Crippen molar-refractivity contribution < 1.29 is 9.53 Å². The fraction of sp³-hybridized carbons (Fsp3) is 0.500. The summed E-state index contributed by atoms with van der Waals surface area (Å²) in [5.41, 5.74) is 0.353. The van der Waals surface area contributed by atoms with E-state index in [-0.39, 0.29) is 18.2 Å². The van der Waals surface area contributed by atoms with Crippen molar-refractivity contribution in [2.45, 2.75) is 40.3 Å². The van der Waals surface area contributed by atoms with E-state index >= 15 is 0 Å². The zero-order chi connectivity index (χ0) is 18.5. The molecule has 9 nitrogen and oxygen atoms in total. The van der Waals surface area contributed by atoms with Crippen LogP contribution in [0.2, 0.25) is 0 Å². The number of ether oxygens (including phenoxy) is 1. The van der Waals surface area contributed by atoms with Gasteiger partial charge in [0.15, 0.2) is 11.2 Å². The Morgan fingerprint density at radius 2 is 2.00 bits per heavy atom. The number of carbonyl (C=O) groups is 1. The molecule has 25 heavy (non-hydrogen) atoms. The molecule has 134 valence electrons. The maximum atomic E-state index is 12.9. The number of carbonyl (C=O) groups excluding carboxylic acids is 1. The lowest BCUT2D eigenvalue weighted by Crippen LogP contribution is -2.41. The average Bonchev–Trinajstić information content (AvgIpc) is 3.03. The summed E-state index contributed by atoms with van der Waals surface area (Å²) >= 11 is 0. The molecular weight excluding hydrogens is 326 g/mol. The van der Waals surface area contributed by atoms with Gasteiger partial charge >= 0.3 is 11.7 Å². The number of fused-ring (bicyclic) bond motifs is 3. The van der Waals surface area contributed by atoms with Gasteiger partial charge in [-0.05, 0) is 27.7 Å². The van der Waals surface area contributed by atoms with Crippen LogP contribution >= 0.6 is 0 Å². The molecule has 9 heteroatoms. The first kappa shape index (κ1) is 17.0. The Labute approximate surface area is 143 Å². The zero-order valence-electron chi connectivity index (χ0n) is 14.9. The van der Waals surface area contributed by atoms with Crippen molar-refractivity contribution in [1.82, 2.24) is 23.1 Å². The van der Waals surface area contributed by atoms with E-state index in [1.165, 1.54) is 11.6 Å². The number of esters is 1. The van der Waals surface area contributed by atoms with Crippen LogP contribution in [-0.2, 0) is 23.1 Å². The average molecular weight is 347 g/mol. The van der Waals surface area contributed by atoms with E-state index in [9.17, 15) is 14.4 Å². The van der Waals surface area contributed by atoms with E-state index in [1.54, 1.807) is 11.3 Å². The van der Waals surface area contributed by atoms with Crippen LogP contribution in [0.25, 0.3) is 16.9 Å². The third kappa shape index (κ3) is 2.46. The topological polar surface area (TPSA) is 92.5 Å². The van der Waals surface area contributed by atoms with E-state index in [2.05, 4.69) is 4.98 Å². The van der Waals surface area contributed by atoms with Crippen molar-refractivity contribution in [2.24, 2.45) is 7.05 Å². The van der Waals surface area contributed by atoms with E-state index < -0.39 is 23.8 Å². The van der Waals surface area contributed by atoms with Crippen LogP contribution in [0.15, 0.2) is 15.8 Å². The first-order chi connectivity index (χ1) is 11.8. The standard InChI is InChI=1S/C16H21N5O4/c1-6-25-11(22)8-20-14(23)12-13(18(5)16(20)24)17-15-19(12)7-10(4)21(15)9(2)3/h7,9H,6,8H2,1-5H3. The van der Waals surface area contributed by atoms with Crippen molar-refractivity contribution in [2.75, 3.05) is 6.61 Å². The van der Waals surface area contributed by atoms with E-state index in [0.717, 1.165) is 10.3 Å². The van der Waals surface area contributed by atoms with E-state index in [0.29, 0.717) is 11.4 Å². The zero-order valence-corrected chi connectivity index (χ0v) is 14.9. The highest BCUT2D eigenvalue weighted by molar-refractivity contribution is 5.76. The van der Waals surface area contributed by atoms with Crippen molar-refractivity contribution in [3.63, 3.8) is 0 Å². The number of rotatable bonds is 4. The third-order valence-corrected chi connectivity index (χ3v) is 4.18. The fourth-order valence-corrected chi connectivity index (χ4v) is 3.14. The number of nitrogens with zero attached hydrogens (tertiary/aromatic N) is 5. The second kappa shape index (κ2) is 5.91. The van der Waals surface area contributed by atoms with Crippen LogP contribution in [-0.4, -0.2) is 35.7 Å². The summed E-state index contributed by atoms with van der Waals surface area (Å²) in [6, 6.07) is 0.146. The lowest BCUT2D eigenvalue weighted by Gasteiger charge is -2.09. The Bertz CT molecular complexity index is 1100.